The van der Waals surface area contributed by atoms with Gasteiger partial charge in [-0.25, -0.2) is 4.98 Å². The van der Waals surface area contributed by atoms with E-state index in [-0.39, 0.29) is 0 Å². The fourth-order valence-electron chi connectivity index (χ4n) is 1.28. The van der Waals surface area contributed by atoms with E-state index in [2.05, 4.69) is 11.4 Å². The van der Waals surface area contributed by atoms with Gasteiger partial charge in [0.1, 0.15) is 12.1 Å². The molecule has 1 aromatic heterocycles. The van der Waals surface area contributed by atoms with Crippen LogP contribution in [0.2, 0.25) is 0 Å². The Hall–Kier alpha value is -2.59. The van der Waals surface area contributed by atoms with E-state index in [1.165, 1.54) is 6.20 Å². The molecule has 4 nitrogen and oxygen atoms in total. The summed E-state index contributed by atoms with van der Waals surface area (Å²) < 4.78 is 4.96. The Kier molecular flexibility index (Phi) is 2.19. The Morgan fingerprint density at radius 3 is 2.73 bits per heavy atom. The SMILES string of the molecule is N#Cc1cccc(-c2cn[c]o2)c1C#N. The summed E-state index contributed by atoms with van der Waals surface area (Å²) in [5, 5.41) is 17.8. The van der Waals surface area contributed by atoms with Crippen molar-refractivity contribution in [2.75, 3.05) is 0 Å². The van der Waals surface area contributed by atoms with E-state index in [1.807, 2.05) is 12.1 Å². The lowest BCUT2D eigenvalue weighted by molar-refractivity contribution is 0.561. The van der Waals surface area contributed by atoms with Crippen LogP contribution in [0.5, 0.6) is 0 Å². The standard InChI is InChI=1S/C11H4N3O/c12-4-8-2-1-3-9(10(8)5-13)11-6-14-7-15-11/h1-3,6H. The van der Waals surface area contributed by atoms with Crippen LogP contribution in [0.1, 0.15) is 11.1 Å². The third kappa shape index (κ3) is 1.45. The molecule has 0 spiro atoms. The molecule has 0 aliphatic rings. The third-order valence-electron chi connectivity index (χ3n) is 1.95. The zero-order valence-electron chi connectivity index (χ0n) is 7.56. The maximum atomic E-state index is 8.96. The molecule has 1 heterocycles. The number of nitriles is 2. The summed E-state index contributed by atoms with van der Waals surface area (Å²) in [5.74, 6) is 0.434. The Bertz CT molecular complexity index is 559. The van der Waals surface area contributed by atoms with Crippen LogP contribution in [-0.2, 0) is 0 Å². The van der Waals surface area contributed by atoms with Crippen LogP contribution in [0.3, 0.4) is 0 Å². The highest BCUT2D eigenvalue weighted by Crippen LogP contribution is 2.24. The predicted molar refractivity (Wildman–Crippen MR) is 50.2 cm³/mol. The van der Waals surface area contributed by atoms with Crippen LogP contribution in [0.25, 0.3) is 11.3 Å². The first-order valence-electron chi connectivity index (χ1n) is 4.12. The molecular formula is C11H4N3O. The van der Waals surface area contributed by atoms with E-state index in [0.717, 1.165) is 0 Å². The van der Waals surface area contributed by atoms with Gasteiger partial charge in [0.25, 0.3) is 6.39 Å². The third-order valence-corrected chi connectivity index (χ3v) is 1.95. The fraction of sp³-hybridized carbons (Fsp3) is 0. The molecule has 0 aliphatic heterocycles. The molecule has 1 radical (unpaired) electrons. The number of aromatic nitrogens is 1. The average molecular weight is 194 g/mol. The van der Waals surface area contributed by atoms with Crippen molar-refractivity contribution in [2.45, 2.75) is 0 Å². The summed E-state index contributed by atoms with van der Waals surface area (Å²) in [4.78, 5) is 3.65. The lowest BCUT2D eigenvalue weighted by atomic mass is 10.0. The van der Waals surface area contributed by atoms with Gasteiger partial charge in [-0.3, -0.25) is 0 Å². The van der Waals surface area contributed by atoms with Gasteiger partial charge in [-0.05, 0) is 12.1 Å². The molecule has 0 saturated heterocycles. The molecule has 0 saturated carbocycles. The van der Waals surface area contributed by atoms with Gasteiger partial charge in [0.05, 0.1) is 17.3 Å². The van der Waals surface area contributed by atoms with Crippen molar-refractivity contribution in [3.05, 3.63) is 41.9 Å². The van der Waals surface area contributed by atoms with Crippen LogP contribution in [0.15, 0.2) is 28.8 Å². The van der Waals surface area contributed by atoms with Crippen molar-refractivity contribution in [3.63, 3.8) is 0 Å². The van der Waals surface area contributed by atoms with Gasteiger partial charge in [0.2, 0.25) is 0 Å². The molecule has 0 amide bonds. The molecular weight excluding hydrogens is 190 g/mol. The minimum absolute atomic E-state index is 0.296. The first-order valence-corrected chi connectivity index (χ1v) is 4.12. The van der Waals surface area contributed by atoms with Gasteiger partial charge in [0, 0.05) is 5.56 Å². The van der Waals surface area contributed by atoms with E-state index in [1.54, 1.807) is 18.2 Å². The minimum atomic E-state index is 0.296. The van der Waals surface area contributed by atoms with Gasteiger partial charge in [-0.2, -0.15) is 10.5 Å². The highest BCUT2D eigenvalue weighted by molar-refractivity contribution is 5.69. The second-order valence-electron chi connectivity index (χ2n) is 2.77. The van der Waals surface area contributed by atoms with E-state index >= 15 is 0 Å². The van der Waals surface area contributed by atoms with E-state index < -0.39 is 0 Å². The van der Waals surface area contributed by atoms with Gasteiger partial charge in [-0.15, -0.1) is 0 Å². The van der Waals surface area contributed by atoms with Gasteiger partial charge < -0.3 is 4.42 Å². The number of benzene rings is 1. The smallest absolute Gasteiger partial charge is 0.284 e. The molecule has 15 heavy (non-hydrogen) atoms. The fourth-order valence-corrected chi connectivity index (χ4v) is 1.28. The second kappa shape index (κ2) is 3.65. The summed E-state index contributed by atoms with van der Waals surface area (Å²) in [5.41, 5.74) is 1.18. The lowest BCUT2D eigenvalue weighted by Gasteiger charge is -2.00. The molecule has 2 aromatic rings. The van der Waals surface area contributed by atoms with Crippen molar-refractivity contribution >= 4 is 0 Å². The number of hydrogen-bond donors (Lipinski definition) is 0. The summed E-state index contributed by atoms with van der Waals surface area (Å²) in [6, 6.07) is 8.91. The Labute approximate surface area is 86.0 Å². The second-order valence-corrected chi connectivity index (χ2v) is 2.77. The predicted octanol–water partition coefficient (Wildman–Crippen LogP) is 1.89. The number of oxazole rings is 1. The molecule has 0 bridgehead atoms. The normalized spacial score (nSPS) is 9.20. The van der Waals surface area contributed by atoms with E-state index in [0.29, 0.717) is 22.5 Å². The van der Waals surface area contributed by atoms with Gasteiger partial charge in [0.15, 0.2) is 5.76 Å². The Morgan fingerprint density at radius 2 is 2.13 bits per heavy atom. The van der Waals surface area contributed by atoms with Crippen molar-refractivity contribution < 1.29 is 4.42 Å². The molecule has 69 valence electrons. The maximum absolute atomic E-state index is 8.96. The average Bonchev–Trinajstić information content (AvgIpc) is 2.81. The molecule has 4 heteroatoms. The highest BCUT2D eigenvalue weighted by Gasteiger charge is 2.11. The Morgan fingerprint density at radius 1 is 1.27 bits per heavy atom. The van der Waals surface area contributed by atoms with Gasteiger partial charge in [-0.1, -0.05) is 6.07 Å². The molecule has 1 aromatic carbocycles. The molecule has 2 rings (SSSR count). The van der Waals surface area contributed by atoms with Crippen LogP contribution in [0.4, 0.5) is 0 Å². The molecule has 0 N–H and O–H groups in total. The highest BCUT2D eigenvalue weighted by atomic mass is 16.3. The largest absolute Gasteiger partial charge is 0.432 e. The number of rotatable bonds is 1. The molecule has 0 unspecified atom stereocenters. The quantitative estimate of drug-likeness (QED) is 0.694. The monoisotopic (exact) mass is 194 g/mol. The maximum Gasteiger partial charge on any atom is 0.284 e. The van der Waals surface area contributed by atoms with Crippen LogP contribution >= 0.6 is 0 Å². The molecule has 0 atom stereocenters. The van der Waals surface area contributed by atoms with Crippen molar-refractivity contribution in [1.82, 2.24) is 4.98 Å². The summed E-state index contributed by atoms with van der Waals surface area (Å²) >= 11 is 0. The van der Waals surface area contributed by atoms with Crippen molar-refractivity contribution in [1.29, 1.82) is 10.5 Å². The summed E-state index contributed by atoms with van der Waals surface area (Å²) in [6.07, 6.45) is 3.76. The van der Waals surface area contributed by atoms with Gasteiger partial charge >= 0.3 is 0 Å². The van der Waals surface area contributed by atoms with Crippen LogP contribution in [0, 0.1) is 29.1 Å². The zero-order valence-corrected chi connectivity index (χ0v) is 7.56. The van der Waals surface area contributed by atoms with E-state index in [9.17, 15) is 0 Å². The summed E-state index contributed by atoms with van der Waals surface area (Å²) in [6.45, 7) is 0. The first kappa shape index (κ1) is 8.98. The zero-order chi connectivity index (χ0) is 10.7. The topological polar surface area (TPSA) is 73.6 Å². The molecule has 0 fully saturated rings. The summed E-state index contributed by atoms with van der Waals surface area (Å²) in [7, 11) is 0. The van der Waals surface area contributed by atoms with Crippen molar-refractivity contribution in [2.24, 2.45) is 0 Å². The van der Waals surface area contributed by atoms with E-state index in [4.69, 9.17) is 14.9 Å². The number of nitrogens with zero attached hydrogens (tertiary/aromatic N) is 3. The van der Waals surface area contributed by atoms with Crippen LogP contribution < -0.4 is 0 Å². The molecule has 0 aliphatic carbocycles. The Balaban J connectivity index is 2.70. The first-order chi connectivity index (χ1) is 7.36. The number of hydrogen-bond acceptors (Lipinski definition) is 4. The lowest BCUT2D eigenvalue weighted by Crippen LogP contribution is -1.87. The van der Waals surface area contributed by atoms with Crippen molar-refractivity contribution in [3.8, 4) is 23.5 Å². The van der Waals surface area contributed by atoms with Crippen LogP contribution in [-0.4, -0.2) is 4.98 Å². The minimum Gasteiger partial charge on any atom is -0.432 e.